The van der Waals surface area contributed by atoms with Gasteiger partial charge >= 0.3 is 0 Å². The number of rotatable bonds is 3. The van der Waals surface area contributed by atoms with Crippen LogP contribution in [0, 0.1) is 0 Å². The third kappa shape index (κ3) is 1.92. The first-order valence-electron chi connectivity index (χ1n) is 4.70. The Hall–Kier alpha value is -0.410. The second-order valence-corrected chi connectivity index (χ2v) is 5.21. The lowest BCUT2D eigenvalue weighted by molar-refractivity contribution is 0.542. The fraction of sp³-hybridized carbons (Fsp3) is 0.600. The van der Waals surface area contributed by atoms with Crippen molar-refractivity contribution < 1.29 is 4.42 Å². The van der Waals surface area contributed by atoms with Crippen LogP contribution in [0.4, 0.5) is 0 Å². The quantitative estimate of drug-likeness (QED) is 0.806. The van der Waals surface area contributed by atoms with Crippen LogP contribution in [0.2, 0.25) is 0 Å². The highest BCUT2D eigenvalue weighted by Gasteiger charge is 2.33. The van der Waals surface area contributed by atoms with E-state index in [1.807, 2.05) is 24.1 Å². The smallest absolute Gasteiger partial charge is 0.0935 e. The van der Waals surface area contributed by atoms with Crippen LogP contribution in [0.1, 0.15) is 18.4 Å². The van der Waals surface area contributed by atoms with E-state index >= 15 is 0 Å². The van der Waals surface area contributed by atoms with Gasteiger partial charge in [-0.15, -0.1) is 0 Å². The Kier molecular flexibility index (Phi) is 2.65. The zero-order valence-electron chi connectivity index (χ0n) is 7.66. The van der Waals surface area contributed by atoms with Crippen molar-refractivity contribution in [1.29, 1.82) is 0 Å². The van der Waals surface area contributed by atoms with Gasteiger partial charge in [0.15, 0.2) is 0 Å². The predicted octanol–water partition coefficient (Wildman–Crippen LogP) is 2.05. The molecular weight excluding hydrogens is 182 g/mol. The standard InChI is InChI=1S/C10H15NOS/c11-8-10(3-1-5-13-10)6-9-2-4-12-7-9/h2,4,7H,1,3,5-6,8,11H2. The Balaban J connectivity index is 2.06. The highest BCUT2D eigenvalue weighted by atomic mass is 32.2. The van der Waals surface area contributed by atoms with Gasteiger partial charge < -0.3 is 10.2 Å². The highest BCUT2D eigenvalue weighted by Crippen LogP contribution is 2.39. The molecule has 1 aliphatic rings. The summed E-state index contributed by atoms with van der Waals surface area (Å²) >= 11 is 2.02. The second-order valence-electron chi connectivity index (χ2n) is 3.65. The predicted molar refractivity (Wildman–Crippen MR) is 55.9 cm³/mol. The van der Waals surface area contributed by atoms with Crippen LogP contribution >= 0.6 is 11.8 Å². The highest BCUT2D eigenvalue weighted by molar-refractivity contribution is 8.00. The molecule has 2 rings (SSSR count). The maximum absolute atomic E-state index is 5.83. The van der Waals surface area contributed by atoms with Gasteiger partial charge in [0.25, 0.3) is 0 Å². The van der Waals surface area contributed by atoms with Gasteiger partial charge in [0.05, 0.1) is 12.5 Å². The van der Waals surface area contributed by atoms with Crippen LogP contribution in [-0.4, -0.2) is 17.0 Å². The van der Waals surface area contributed by atoms with Crippen LogP contribution in [0.5, 0.6) is 0 Å². The van der Waals surface area contributed by atoms with E-state index in [0.717, 1.165) is 13.0 Å². The van der Waals surface area contributed by atoms with Crippen molar-refractivity contribution in [2.75, 3.05) is 12.3 Å². The third-order valence-electron chi connectivity index (χ3n) is 2.66. The van der Waals surface area contributed by atoms with Crippen molar-refractivity contribution in [3.05, 3.63) is 24.2 Å². The summed E-state index contributed by atoms with van der Waals surface area (Å²) in [4.78, 5) is 0. The Morgan fingerprint density at radius 1 is 1.62 bits per heavy atom. The average molecular weight is 197 g/mol. The molecule has 1 aromatic heterocycles. The van der Waals surface area contributed by atoms with Crippen LogP contribution in [0.25, 0.3) is 0 Å². The minimum absolute atomic E-state index is 0.296. The first-order chi connectivity index (χ1) is 6.35. The largest absolute Gasteiger partial charge is 0.472 e. The van der Waals surface area contributed by atoms with Gasteiger partial charge in [-0.05, 0) is 36.6 Å². The van der Waals surface area contributed by atoms with Crippen molar-refractivity contribution in [3.63, 3.8) is 0 Å². The first kappa shape index (κ1) is 9.16. The third-order valence-corrected chi connectivity index (χ3v) is 4.28. The SMILES string of the molecule is NCC1(Cc2ccoc2)CCCS1. The molecule has 0 radical (unpaired) electrons. The normalized spacial score (nSPS) is 28.1. The lowest BCUT2D eigenvalue weighted by Crippen LogP contribution is -2.33. The molecule has 2 heterocycles. The Morgan fingerprint density at radius 3 is 3.08 bits per heavy atom. The Labute approximate surface area is 82.9 Å². The lowest BCUT2D eigenvalue weighted by atomic mass is 9.96. The molecule has 0 spiro atoms. The van der Waals surface area contributed by atoms with Crippen molar-refractivity contribution in [2.45, 2.75) is 24.0 Å². The van der Waals surface area contributed by atoms with E-state index < -0.39 is 0 Å². The summed E-state index contributed by atoms with van der Waals surface area (Å²) in [6, 6.07) is 2.04. The van der Waals surface area contributed by atoms with Crippen LogP contribution in [0.3, 0.4) is 0 Å². The molecule has 0 aromatic carbocycles. The van der Waals surface area contributed by atoms with Crippen molar-refractivity contribution >= 4 is 11.8 Å². The van der Waals surface area contributed by atoms with E-state index in [-0.39, 0.29) is 0 Å². The summed E-state index contributed by atoms with van der Waals surface area (Å²) in [5.74, 6) is 1.26. The molecule has 3 heteroatoms. The molecule has 2 nitrogen and oxygen atoms in total. The fourth-order valence-corrected chi connectivity index (χ4v) is 3.29. The summed E-state index contributed by atoms with van der Waals surface area (Å²) in [6.07, 6.45) is 7.18. The molecule has 1 unspecified atom stereocenters. The van der Waals surface area contributed by atoms with E-state index in [2.05, 4.69) is 0 Å². The molecule has 2 N–H and O–H groups in total. The van der Waals surface area contributed by atoms with Crippen LogP contribution in [0.15, 0.2) is 23.0 Å². The van der Waals surface area contributed by atoms with E-state index in [0.29, 0.717) is 4.75 Å². The molecule has 1 aromatic rings. The summed E-state index contributed by atoms with van der Waals surface area (Å²) in [5.41, 5.74) is 7.11. The number of hydrogen-bond acceptors (Lipinski definition) is 3. The lowest BCUT2D eigenvalue weighted by Gasteiger charge is -2.25. The minimum atomic E-state index is 0.296. The van der Waals surface area contributed by atoms with Gasteiger partial charge in [-0.25, -0.2) is 0 Å². The molecular formula is C10H15NOS. The van der Waals surface area contributed by atoms with E-state index in [1.165, 1.54) is 24.2 Å². The van der Waals surface area contributed by atoms with Crippen molar-refractivity contribution in [2.24, 2.45) is 5.73 Å². The zero-order valence-corrected chi connectivity index (χ0v) is 8.48. The van der Waals surface area contributed by atoms with Gasteiger partial charge in [0.2, 0.25) is 0 Å². The summed E-state index contributed by atoms with van der Waals surface area (Å²) in [5, 5.41) is 0. The van der Waals surface area contributed by atoms with Gasteiger partial charge in [0, 0.05) is 11.3 Å². The van der Waals surface area contributed by atoms with Gasteiger partial charge in [-0.2, -0.15) is 11.8 Å². The molecule has 0 bridgehead atoms. The average Bonchev–Trinajstić information content (AvgIpc) is 2.77. The number of nitrogens with two attached hydrogens (primary N) is 1. The molecule has 0 saturated carbocycles. The number of furan rings is 1. The molecule has 13 heavy (non-hydrogen) atoms. The van der Waals surface area contributed by atoms with E-state index in [4.69, 9.17) is 10.2 Å². The topological polar surface area (TPSA) is 39.2 Å². The fourth-order valence-electron chi connectivity index (χ4n) is 1.89. The van der Waals surface area contributed by atoms with Crippen LogP contribution in [-0.2, 0) is 6.42 Å². The van der Waals surface area contributed by atoms with Crippen molar-refractivity contribution in [1.82, 2.24) is 0 Å². The van der Waals surface area contributed by atoms with E-state index in [9.17, 15) is 0 Å². The van der Waals surface area contributed by atoms with Crippen molar-refractivity contribution in [3.8, 4) is 0 Å². The summed E-state index contributed by atoms with van der Waals surface area (Å²) < 4.78 is 5.36. The Morgan fingerprint density at radius 2 is 2.54 bits per heavy atom. The molecule has 1 atom stereocenters. The molecule has 72 valence electrons. The molecule has 1 fully saturated rings. The van der Waals surface area contributed by atoms with Gasteiger partial charge in [-0.1, -0.05) is 0 Å². The molecule has 1 aliphatic heterocycles. The monoisotopic (exact) mass is 197 g/mol. The first-order valence-corrected chi connectivity index (χ1v) is 5.68. The Bertz CT molecular complexity index is 252. The van der Waals surface area contributed by atoms with Gasteiger partial charge in [-0.3, -0.25) is 0 Å². The molecule has 0 aliphatic carbocycles. The maximum Gasteiger partial charge on any atom is 0.0935 e. The van der Waals surface area contributed by atoms with E-state index in [1.54, 1.807) is 6.26 Å². The number of thioether (sulfide) groups is 1. The number of hydrogen-bond donors (Lipinski definition) is 1. The maximum atomic E-state index is 5.83. The summed E-state index contributed by atoms with van der Waals surface area (Å²) in [7, 11) is 0. The van der Waals surface area contributed by atoms with Crippen LogP contribution < -0.4 is 5.73 Å². The minimum Gasteiger partial charge on any atom is -0.472 e. The second kappa shape index (κ2) is 3.76. The molecule has 1 saturated heterocycles. The summed E-state index contributed by atoms with van der Waals surface area (Å²) in [6.45, 7) is 0.781. The molecule has 0 amide bonds. The zero-order chi connectivity index (χ0) is 9.15. The van der Waals surface area contributed by atoms with Gasteiger partial charge in [0.1, 0.15) is 0 Å².